The van der Waals surface area contributed by atoms with Crippen molar-refractivity contribution in [2.75, 3.05) is 13.1 Å². The number of hydrogen-bond acceptors (Lipinski definition) is 3. The first-order valence-electron chi connectivity index (χ1n) is 6.90. The Hall–Kier alpha value is -1.84. The molecule has 0 aliphatic carbocycles. The lowest BCUT2D eigenvalue weighted by Crippen LogP contribution is -2.28. The Bertz CT molecular complexity index is 469. The van der Waals surface area contributed by atoms with Gasteiger partial charge in [0, 0.05) is 19.0 Å². The van der Waals surface area contributed by atoms with Crippen molar-refractivity contribution in [2.45, 2.75) is 31.7 Å². The van der Waals surface area contributed by atoms with Crippen LogP contribution in [0.3, 0.4) is 0 Å². The van der Waals surface area contributed by atoms with Gasteiger partial charge in [-0.05, 0) is 31.4 Å². The van der Waals surface area contributed by atoms with Crippen molar-refractivity contribution in [1.29, 1.82) is 10.5 Å². The third kappa shape index (κ3) is 3.56. The van der Waals surface area contributed by atoms with Crippen LogP contribution < -0.4 is 0 Å². The average Bonchev–Trinajstić information content (AvgIpc) is 2.92. The standard InChI is InChI=1S/C16H19N3/c17-10-4-6-14(12-18)13-19-11-5-9-16(19)15-7-2-1-3-8-15/h1-3,7-8,14,16H,4-6,9,11,13H2/t14-,16+/m0/s1. The Balaban J connectivity index is 1.99. The molecule has 1 fully saturated rings. The highest BCUT2D eigenvalue weighted by Crippen LogP contribution is 2.32. The summed E-state index contributed by atoms with van der Waals surface area (Å²) in [6, 6.07) is 15.4. The summed E-state index contributed by atoms with van der Waals surface area (Å²) in [7, 11) is 0. The Morgan fingerprint density at radius 3 is 2.74 bits per heavy atom. The predicted octanol–water partition coefficient (Wildman–Crippen LogP) is 3.27. The maximum Gasteiger partial charge on any atom is 0.0669 e. The maximum atomic E-state index is 9.18. The fraction of sp³-hybridized carbons (Fsp3) is 0.500. The molecule has 3 heteroatoms. The van der Waals surface area contributed by atoms with Crippen LogP contribution in [0.15, 0.2) is 30.3 Å². The quantitative estimate of drug-likeness (QED) is 0.809. The smallest absolute Gasteiger partial charge is 0.0669 e. The molecule has 1 aliphatic rings. The molecular formula is C16H19N3. The SMILES string of the molecule is N#CCC[C@@H](C#N)CN1CCC[C@@H]1c1ccccc1. The third-order valence-electron chi connectivity index (χ3n) is 3.79. The molecule has 1 aromatic rings. The molecule has 0 bridgehead atoms. The first-order chi connectivity index (χ1) is 9.35. The van der Waals surface area contributed by atoms with Crippen LogP contribution in [0.25, 0.3) is 0 Å². The van der Waals surface area contributed by atoms with E-state index < -0.39 is 0 Å². The first kappa shape index (κ1) is 13.6. The zero-order valence-corrected chi connectivity index (χ0v) is 11.1. The largest absolute Gasteiger partial charge is 0.295 e. The summed E-state index contributed by atoms with van der Waals surface area (Å²) in [5, 5.41) is 17.8. The van der Waals surface area contributed by atoms with Gasteiger partial charge in [0.25, 0.3) is 0 Å². The molecule has 1 aromatic carbocycles. The van der Waals surface area contributed by atoms with Gasteiger partial charge in [0.2, 0.25) is 0 Å². The van der Waals surface area contributed by atoms with Gasteiger partial charge in [-0.1, -0.05) is 30.3 Å². The Morgan fingerprint density at radius 2 is 2.05 bits per heavy atom. The van der Waals surface area contributed by atoms with Crippen LogP contribution >= 0.6 is 0 Å². The Kier molecular flexibility index (Phi) is 4.95. The summed E-state index contributed by atoms with van der Waals surface area (Å²) in [6.45, 7) is 1.85. The average molecular weight is 253 g/mol. The number of likely N-dealkylation sites (tertiary alicyclic amines) is 1. The molecule has 98 valence electrons. The minimum atomic E-state index is -0.0241. The van der Waals surface area contributed by atoms with E-state index >= 15 is 0 Å². The van der Waals surface area contributed by atoms with Crippen molar-refractivity contribution in [3.63, 3.8) is 0 Å². The molecular weight excluding hydrogens is 234 g/mol. The number of nitrogens with zero attached hydrogens (tertiary/aromatic N) is 3. The summed E-state index contributed by atoms with van der Waals surface area (Å²) >= 11 is 0. The number of hydrogen-bond donors (Lipinski definition) is 0. The molecule has 0 unspecified atom stereocenters. The van der Waals surface area contributed by atoms with Crippen LogP contribution in [0, 0.1) is 28.6 Å². The minimum absolute atomic E-state index is 0.0241. The summed E-state index contributed by atoms with van der Waals surface area (Å²) < 4.78 is 0. The van der Waals surface area contributed by atoms with Gasteiger partial charge in [-0.2, -0.15) is 10.5 Å². The summed E-state index contributed by atoms with van der Waals surface area (Å²) in [6.07, 6.45) is 3.52. The van der Waals surface area contributed by atoms with Crippen LogP contribution in [0.5, 0.6) is 0 Å². The topological polar surface area (TPSA) is 50.8 Å². The second-order valence-corrected chi connectivity index (χ2v) is 5.09. The van der Waals surface area contributed by atoms with E-state index in [9.17, 15) is 5.26 Å². The Labute approximate surface area is 115 Å². The molecule has 0 spiro atoms. The third-order valence-corrected chi connectivity index (χ3v) is 3.79. The molecule has 0 N–H and O–H groups in total. The molecule has 19 heavy (non-hydrogen) atoms. The number of nitriles is 2. The molecule has 0 saturated carbocycles. The van der Waals surface area contributed by atoms with Gasteiger partial charge < -0.3 is 0 Å². The van der Waals surface area contributed by atoms with E-state index in [1.807, 2.05) is 6.07 Å². The molecule has 2 rings (SSSR count). The van der Waals surface area contributed by atoms with Crippen LogP contribution in [0.2, 0.25) is 0 Å². The molecule has 1 heterocycles. The van der Waals surface area contributed by atoms with Crippen LogP contribution in [0.4, 0.5) is 0 Å². The molecule has 0 radical (unpaired) electrons. The van der Waals surface area contributed by atoms with Crippen molar-refractivity contribution >= 4 is 0 Å². The summed E-state index contributed by atoms with van der Waals surface area (Å²) in [4.78, 5) is 2.40. The highest BCUT2D eigenvalue weighted by molar-refractivity contribution is 5.20. The first-order valence-corrected chi connectivity index (χ1v) is 6.90. The van der Waals surface area contributed by atoms with Gasteiger partial charge in [-0.3, -0.25) is 4.90 Å². The van der Waals surface area contributed by atoms with Crippen molar-refractivity contribution < 1.29 is 0 Å². The molecule has 3 nitrogen and oxygen atoms in total. The normalized spacial score (nSPS) is 20.6. The van der Waals surface area contributed by atoms with E-state index in [1.54, 1.807) is 0 Å². The highest BCUT2D eigenvalue weighted by Gasteiger charge is 2.27. The van der Waals surface area contributed by atoms with Gasteiger partial charge in [-0.25, -0.2) is 0 Å². The maximum absolute atomic E-state index is 9.18. The van der Waals surface area contributed by atoms with Gasteiger partial charge in [0.05, 0.1) is 18.1 Å². The van der Waals surface area contributed by atoms with Crippen LogP contribution in [0.1, 0.15) is 37.3 Å². The van der Waals surface area contributed by atoms with E-state index in [2.05, 4.69) is 41.3 Å². The fourth-order valence-corrected chi connectivity index (χ4v) is 2.82. The van der Waals surface area contributed by atoms with Gasteiger partial charge in [-0.15, -0.1) is 0 Å². The monoisotopic (exact) mass is 253 g/mol. The Morgan fingerprint density at radius 1 is 1.26 bits per heavy atom. The molecule has 1 aliphatic heterocycles. The number of benzene rings is 1. The van der Waals surface area contributed by atoms with Gasteiger partial charge in [0.15, 0.2) is 0 Å². The van der Waals surface area contributed by atoms with Crippen molar-refractivity contribution in [3.05, 3.63) is 35.9 Å². The lowest BCUT2D eigenvalue weighted by Gasteiger charge is -2.26. The van der Waals surface area contributed by atoms with E-state index in [0.29, 0.717) is 18.9 Å². The van der Waals surface area contributed by atoms with Gasteiger partial charge >= 0.3 is 0 Å². The number of rotatable bonds is 5. The predicted molar refractivity (Wildman–Crippen MR) is 73.9 cm³/mol. The lowest BCUT2D eigenvalue weighted by atomic mass is 10.0. The van der Waals surface area contributed by atoms with Crippen LogP contribution in [-0.4, -0.2) is 18.0 Å². The zero-order valence-electron chi connectivity index (χ0n) is 11.1. The minimum Gasteiger partial charge on any atom is -0.295 e. The van der Waals surface area contributed by atoms with Crippen molar-refractivity contribution in [3.8, 4) is 12.1 Å². The molecule has 2 atom stereocenters. The van der Waals surface area contributed by atoms with Gasteiger partial charge in [0.1, 0.15) is 0 Å². The fourth-order valence-electron chi connectivity index (χ4n) is 2.82. The van der Waals surface area contributed by atoms with E-state index in [1.165, 1.54) is 18.4 Å². The zero-order chi connectivity index (χ0) is 13.5. The summed E-state index contributed by atoms with van der Waals surface area (Å²) in [5.41, 5.74) is 1.34. The van der Waals surface area contributed by atoms with E-state index in [4.69, 9.17) is 5.26 Å². The molecule has 0 amide bonds. The van der Waals surface area contributed by atoms with E-state index in [0.717, 1.165) is 13.1 Å². The molecule has 0 aromatic heterocycles. The molecule has 1 saturated heterocycles. The lowest BCUT2D eigenvalue weighted by molar-refractivity contribution is 0.231. The van der Waals surface area contributed by atoms with Crippen molar-refractivity contribution in [1.82, 2.24) is 4.90 Å². The van der Waals surface area contributed by atoms with Crippen LogP contribution in [-0.2, 0) is 0 Å². The summed E-state index contributed by atoms with van der Waals surface area (Å²) in [5.74, 6) is -0.0241. The second kappa shape index (κ2) is 6.92. The second-order valence-electron chi connectivity index (χ2n) is 5.09. The highest BCUT2D eigenvalue weighted by atomic mass is 15.2. The van der Waals surface area contributed by atoms with E-state index in [-0.39, 0.29) is 5.92 Å². The van der Waals surface area contributed by atoms with Crippen molar-refractivity contribution in [2.24, 2.45) is 5.92 Å².